The van der Waals surface area contributed by atoms with Crippen molar-refractivity contribution in [2.24, 2.45) is 0 Å². The maximum absolute atomic E-state index is 14.3. The van der Waals surface area contributed by atoms with Gasteiger partial charge in [-0.2, -0.15) is 18.4 Å². The van der Waals surface area contributed by atoms with Crippen molar-refractivity contribution in [3.63, 3.8) is 0 Å². The fourth-order valence-electron chi connectivity index (χ4n) is 4.95. The highest BCUT2D eigenvalue weighted by Gasteiger charge is 2.32. The zero-order chi connectivity index (χ0) is 29.2. The number of aromatic nitrogens is 2. The number of nitrogens with one attached hydrogen (secondary N) is 3. The lowest BCUT2D eigenvalue weighted by molar-refractivity contribution is -0.126. The maximum Gasteiger partial charge on any atom is 0.401 e. The second-order valence-electron chi connectivity index (χ2n) is 10.9. The summed E-state index contributed by atoms with van der Waals surface area (Å²) >= 11 is 0. The van der Waals surface area contributed by atoms with Crippen LogP contribution in [-0.2, 0) is 0 Å². The molecule has 216 valence electrons. The molecule has 3 heterocycles. The van der Waals surface area contributed by atoms with E-state index in [0.29, 0.717) is 42.9 Å². The molecule has 0 spiro atoms. The Balaban J connectivity index is 1.60. The van der Waals surface area contributed by atoms with Crippen LogP contribution in [-0.4, -0.2) is 77.3 Å². The molecule has 40 heavy (non-hydrogen) atoms. The quantitative estimate of drug-likeness (QED) is 0.345. The van der Waals surface area contributed by atoms with E-state index in [2.05, 4.69) is 27.0 Å². The highest BCUT2D eigenvalue weighted by Crippen LogP contribution is 2.33. The number of amides is 1. The first kappa shape index (κ1) is 29.4. The number of halogens is 4. The number of rotatable bonds is 9. The smallest absolute Gasteiger partial charge is 0.387 e. The number of alkyl halides is 4. The van der Waals surface area contributed by atoms with Gasteiger partial charge in [0.2, 0.25) is 0 Å². The first-order valence-corrected chi connectivity index (χ1v) is 13.0. The highest BCUT2D eigenvalue weighted by molar-refractivity contribution is 5.99. The molecule has 2 unspecified atom stereocenters. The molecule has 1 saturated carbocycles. The molecule has 4 rings (SSSR count). The van der Waals surface area contributed by atoms with Crippen LogP contribution >= 0.6 is 0 Å². The Morgan fingerprint density at radius 3 is 2.70 bits per heavy atom. The molecule has 3 atom stereocenters. The van der Waals surface area contributed by atoms with Gasteiger partial charge in [0, 0.05) is 48.7 Å². The Hall–Kier alpha value is -3.63. The molecular formula is C27H33F4N7O2. The number of fused-ring (bicyclic) bond motifs is 1. The van der Waals surface area contributed by atoms with Gasteiger partial charge in [-0.25, -0.2) is 9.37 Å². The minimum atomic E-state index is -4.31. The summed E-state index contributed by atoms with van der Waals surface area (Å²) in [5.74, 6) is 0.675. The van der Waals surface area contributed by atoms with Gasteiger partial charge in [0.15, 0.2) is 0 Å². The van der Waals surface area contributed by atoms with Crippen molar-refractivity contribution in [2.75, 3.05) is 36.9 Å². The minimum Gasteiger partial charge on any atom is -0.387 e. The van der Waals surface area contributed by atoms with E-state index in [4.69, 9.17) is 0 Å². The summed E-state index contributed by atoms with van der Waals surface area (Å²) < 4.78 is 54.1. The lowest BCUT2D eigenvalue weighted by Crippen LogP contribution is -2.42. The summed E-state index contributed by atoms with van der Waals surface area (Å²) in [5, 5.41) is 27.5. The number of carbonyl (C=O) groups excluding carboxylic acids is 1. The Morgan fingerprint density at radius 2 is 2.02 bits per heavy atom. The third-order valence-corrected chi connectivity index (χ3v) is 7.10. The van der Waals surface area contributed by atoms with Gasteiger partial charge in [-0.15, -0.1) is 0 Å². The van der Waals surface area contributed by atoms with Crippen LogP contribution in [0.15, 0.2) is 30.1 Å². The molecule has 0 saturated heterocycles. The lowest BCUT2D eigenvalue weighted by Gasteiger charge is -2.26. The van der Waals surface area contributed by atoms with E-state index < -0.39 is 36.9 Å². The molecule has 0 aromatic carbocycles. The first-order valence-electron chi connectivity index (χ1n) is 13.0. The fraction of sp³-hybridized carbons (Fsp3) is 0.519. The molecule has 2 aliphatic rings. The summed E-state index contributed by atoms with van der Waals surface area (Å²) in [4.78, 5) is 19.5. The molecule has 9 nitrogen and oxygen atoms in total. The van der Waals surface area contributed by atoms with Gasteiger partial charge in [0.1, 0.15) is 17.8 Å². The number of hydrogen-bond acceptors (Lipinski definition) is 7. The van der Waals surface area contributed by atoms with Crippen molar-refractivity contribution in [2.45, 2.75) is 63.1 Å². The predicted octanol–water partition coefficient (Wildman–Crippen LogP) is 3.55. The molecule has 1 fully saturated rings. The molecular weight excluding hydrogens is 530 g/mol. The summed E-state index contributed by atoms with van der Waals surface area (Å²) in [7, 11) is 1.85. The average molecular weight is 564 g/mol. The van der Waals surface area contributed by atoms with Gasteiger partial charge in [-0.1, -0.05) is 0 Å². The van der Waals surface area contributed by atoms with Crippen LogP contribution in [0.3, 0.4) is 0 Å². The number of aliphatic hydroxyl groups is 1. The van der Waals surface area contributed by atoms with E-state index in [-0.39, 0.29) is 17.6 Å². The van der Waals surface area contributed by atoms with Crippen LogP contribution in [0.1, 0.15) is 49.0 Å². The molecule has 2 aromatic rings. The van der Waals surface area contributed by atoms with Crippen LogP contribution in [0.25, 0.3) is 11.9 Å². The van der Waals surface area contributed by atoms with Crippen LogP contribution < -0.4 is 20.9 Å². The van der Waals surface area contributed by atoms with Crippen molar-refractivity contribution in [3.8, 4) is 11.9 Å². The van der Waals surface area contributed by atoms with Crippen molar-refractivity contribution < 1.29 is 27.5 Å². The molecule has 2 aromatic heterocycles. The molecule has 1 amide bonds. The third-order valence-electron chi connectivity index (χ3n) is 7.10. The van der Waals surface area contributed by atoms with Crippen molar-refractivity contribution in [1.82, 2.24) is 20.2 Å². The van der Waals surface area contributed by atoms with Crippen LogP contribution in [0, 0.1) is 11.3 Å². The maximum atomic E-state index is 14.3. The van der Waals surface area contributed by atoms with Gasteiger partial charge in [0.25, 0.3) is 5.91 Å². The fourth-order valence-corrected chi connectivity index (χ4v) is 4.95. The Kier molecular flexibility index (Phi) is 8.41. The number of pyridine rings is 1. The van der Waals surface area contributed by atoms with Crippen LogP contribution in [0.4, 0.5) is 29.1 Å². The number of hydrogen-bond donors (Lipinski definition) is 4. The minimum absolute atomic E-state index is 0.138. The Labute approximate surface area is 229 Å². The summed E-state index contributed by atoms with van der Waals surface area (Å²) in [6.45, 7) is 1.54. The van der Waals surface area contributed by atoms with Crippen molar-refractivity contribution in [1.29, 1.82) is 5.26 Å². The first-order chi connectivity index (χ1) is 18.7. The number of carbonyl (C=O) groups is 1. The normalized spacial score (nSPS) is 20.0. The second-order valence-corrected chi connectivity index (χ2v) is 10.9. The van der Waals surface area contributed by atoms with Gasteiger partial charge < -0.3 is 26.0 Å². The monoisotopic (exact) mass is 563 g/mol. The standard InChI is InChI=1S/C27H33F4N7O2/c1-26(2,40)22(28)13-34-24(39)20-12-33-23(38-7-6-17-8-16(11-32)14-37(3)25(17)38)10-21(20)36-19-5-4-18(9-19)35-15-27(29,30)31/h6-8,10,12,18-19,22,35,40H,4-5,9,13-15H2,1-3H3,(H,33,36)(H,34,39)/t18?,19?,22-/m1/s1. The van der Waals surface area contributed by atoms with Crippen LogP contribution in [0.5, 0.6) is 0 Å². The van der Waals surface area contributed by atoms with Crippen molar-refractivity contribution >= 4 is 23.5 Å². The highest BCUT2D eigenvalue weighted by atomic mass is 19.4. The summed E-state index contributed by atoms with van der Waals surface area (Å²) in [6.07, 6.45) is 0.495. The number of likely N-dealkylation sites (N-methyl/N-ethyl adjacent to an activating group) is 1. The third kappa shape index (κ3) is 6.92. The van der Waals surface area contributed by atoms with Gasteiger partial charge in [-0.05, 0) is 45.3 Å². The van der Waals surface area contributed by atoms with E-state index in [1.807, 2.05) is 22.6 Å². The van der Waals surface area contributed by atoms with Gasteiger partial charge >= 0.3 is 6.18 Å². The van der Waals surface area contributed by atoms with E-state index >= 15 is 0 Å². The molecule has 0 bridgehead atoms. The van der Waals surface area contributed by atoms with E-state index in [1.165, 1.54) is 20.0 Å². The number of anilines is 2. The molecule has 1 aliphatic carbocycles. The average Bonchev–Trinajstić information content (AvgIpc) is 3.52. The largest absolute Gasteiger partial charge is 0.401 e. The molecule has 1 aliphatic heterocycles. The summed E-state index contributed by atoms with van der Waals surface area (Å²) in [6, 6.07) is 5.16. The number of nitrogens with zero attached hydrogens (tertiary/aromatic N) is 4. The van der Waals surface area contributed by atoms with E-state index in [1.54, 1.807) is 18.3 Å². The zero-order valence-electron chi connectivity index (χ0n) is 22.5. The Morgan fingerprint density at radius 1 is 1.30 bits per heavy atom. The second kappa shape index (κ2) is 11.5. The molecule has 13 heteroatoms. The Bertz CT molecular complexity index is 1310. The summed E-state index contributed by atoms with van der Waals surface area (Å²) in [5.41, 5.74) is 0.342. The SMILES string of the molecule is CN1CC(C#N)=Cc2ccn(-c3cc(NC4CCC(NCC(F)(F)F)C4)c(C(=O)NC[C@@H](F)C(C)(C)O)cn3)c21. The molecule has 0 radical (unpaired) electrons. The predicted molar refractivity (Wildman–Crippen MR) is 143 cm³/mol. The zero-order valence-corrected chi connectivity index (χ0v) is 22.5. The number of nitriles is 1. The lowest BCUT2D eigenvalue weighted by atomic mass is 10.0. The topological polar surface area (TPSA) is 118 Å². The van der Waals surface area contributed by atoms with E-state index in [0.717, 1.165) is 11.4 Å². The van der Waals surface area contributed by atoms with Gasteiger partial charge in [-0.3, -0.25) is 9.36 Å². The van der Waals surface area contributed by atoms with E-state index in [9.17, 15) is 32.7 Å². The molecule has 4 N–H and O–H groups in total. The van der Waals surface area contributed by atoms with Crippen molar-refractivity contribution in [3.05, 3.63) is 41.2 Å². The van der Waals surface area contributed by atoms with Gasteiger partial charge in [0.05, 0.1) is 42.6 Å². The van der Waals surface area contributed by atoms with Crippen LogP contribution in [0.2, 0.25) is 0 Å².